The van der Waals surface area contributed by atoms with Crippen molar-refractivity contribution in [2.24, 2.45) is 23.7 Å². The van der Waals surface area contributed by atoms with Crippen molar-refractivity contribution in [3.63, 3.8) is 0 Å². The summed E-state index contributed by atoms with van der Waals surface area (Å²) in [7, 11) is 0. The Labute approximate surface area is 132 Å². The second kappa shape index (κ2) is 4.64. The fourth-order valence-electron chi connectivity index (χ4n) is 4.59. The van der Waals surface area contributed by atoms with Crippen molar-refractivity contribution in [2.75, 3.05) is 0 Å². The molecule has 1 aromatic carbocycles. The van der Waals surface area contributed by atoms with E-state index < -0.39 is 5.92 Å². The molecule has 2 fully saturated rings. The Morgan fingerprint density at radius 1 is 1.10 bits per heavy atom. The minimum atomic E-state index is -0.530. The van der Waals surface area contributed by atoms with E-state index in [-0.39, 0.29) is 23.4 Å². The van der Waals surface area contributed by atoms with Crippen LogP contribution < -0.4 is 0 Å². The molecule has 0 heterocycles. The highest BCUT2D eigenvalue weighted by Crippen LogP contribution is 2.56. The lowest BCUT2D eigenvalue weighted by Gasteiger charge is -2.16. The third-order valence-electron chi connectivity index (χ3n) is 5.49. The first kappa shape index (κ1) is 13.4. The van der Waals surface area contributed by atoms with Gasteiger partial charge in [0, 0.05) is 16.3 Å². The number of allylic oxidation sites excluding steroid dienone is 2. The summed E-state index contributed by atoms with van der Waals surface area (Å²) in [6.07, 6.45) is 6.15. The van der Waals surface area contributed by atoms with Crippen LogP contribution in [0.5, 0.6) is 0 Å². The molecule has 4 rings (SSSR count). The number of Topliss-reactive ketones (excluding diaryl/α,β-unsaturated/α-hetero) is 2. The summed E-state index contributed by atoms with van der Waals surface area (Å²) in [6, 6.07) is 5.98. The predicted octanol–water partition coefficient (Wildman–Crippen LogP) is 3.69. The Morgan fingerprint density at radius 2 is 1.71 bits per heavy atom. The van der Waals surface area contributed by atoms with Gasteiger partial charge in [-0.15, -0.1) is 0 Å². The molecule has 3 aliphatic carbocycles. The van der Waals surface area contributed by atoms with Crippen LogP contribution in [0, 0.1) is 23.7 Å². The number of rotatable bonds is 2. The van der Waals surface area contributed by atoms with Gasteiger partial charge in [0.15, 0.2) is 11.6 Å². The lowest BCUT2D eigenvalue weighted by Crippen LogP contribution is -2.21. The van der Waals surface area contributed by atoms with Crippen LogP contribution in [-0.4, -0.2) is 11.6 Å². The van der Waals surface area contributed by atoms with Crippen LogP contribution in [0.2, 0.25) is 0 Å². The van der Waals surface area contributed by atoms with Crippen molar-refractivity contribution < 1.29 is 9.59 Å². The zero-order valence-corrected chi connectivity index (χ0v) is 13.5. The maximum atomic E-state index is 12.9. The van der Waals surface area contributed by atoms with Gasteiger partial charge in [0.05, 0.1) is 0 Å². The maximum Gasteiger partial charge on any atom is 0.152 e. The fraction of sp³-hybridized carbons (Fsp3) is 0.444. The number of ketones is 2. The third kappa shape index (κ3) is 1.76. The van der Waals surface area contributed by atoms with E-state index in [0.717, 1.165) is 28.4 Å². The molecule has 2 saturated carbocycles. The highest BCUT2D eigenvalue weighted by Gasteiger charge is 2.60. The molecule has 5 atom stereocenters. The Bertz CT molecular complexity index is 646. The minimum absolute atomic E-state index is 0.0545. The van der Waals surface area contributed by atoms with Crippen LogP contribution in [0.3, 0.4) is 0 Å². The largest absolute Gasteiger partial charge is 0.298 e. The summed E-state index contributed by atoms with van der Waals surface area (Å²) >= 11 is 3.47. The summed E-state index contributed by atoms with van der Waals surface area (Å²) < 4.78 is 0.938. The van der Waals surface area contributed by atoms with Crippen LogP contribution in [0.1, 0.15) is 30.4 Å². The van der Waals surface area contributed by atoms with Gasteiger partial charge in [0.1, 0.15) is 5.92 Å². The molecule has 0 aromatic heterocycles. The maximum absolute atomic E-state index is 12.9. The predicted molar refractivity (Wildman–Crippen MR) is 84.0 cm³/mol. The van der Waals surface area contributed by atoms with Gasteiger partial charge in [-0.05, 0) is 47.9 Å². The van der Waals surface area contributed by atoms with Crippen molar-refractivity contribution in [2.45, 2.75) is 25.7 Å². The SMILES string of the molecule is CCc1ccc(Br)cc1C1C(=O)[C@@H]2[C@H](C1=O)[C@@H]1C=C[C@H]2C1. The molecule has 0 aliphatic heterocycles. The molecule has 108 valence electrons. The molecule has 3 heteroatoms. The lowest BCUT2D eigenvalue weighted by atomic mass is 9.85. The molecular weight excluding hydrogens is 328 g/mol. The molecule has 0 amide bonds. The molecule has 0 saturated heterocycles. The number of halogens is 1. The van der Waals surface area contributed by atoms with E-state index in [0.29, 0.717) is 11.8 Å². The normalized spacial score (nSPS) is 36.6. The Kier molecular flexibility index (Phi) is 2.97. The van der Waals surface area contributed by atoms with Gasteiger partial charge in [-0.3, -0.25) is 9.59 Å². The van der Waals surface area contributed by atoms with Crippen LogP contribution in [0.15, 0.2) is 34.8 Å². The topological polar surface area (TPSA) is 34.1 Å². The van der Waals surface area contributed by atoms with Crippen LogP contribution in [0.4, 0.5) is 0 Å². The molecular formula is C18H17BrO2. The molecule has 21 heavy (non-hydrogen) atoms. The quantitative estimate of drug-likeness (QED) is 0.605. The number of benzene rings is 1. The zero-order valence-electron chi connectivity index (χ0n) is 11.9. The van der Waals surface area contributed by atoms with Crippen molar-refractivity contribution in [1.82, 2.24) is 0 Å². The number of hydrogen-bond donors (Lipinski definition) is 0. The molecule has 1 unspecified atom stereocenters. The average molecular weight is 345 g/mol. The van der Waals surface area contributed by atoms with Crippen LogP contribution >= 0.6 is 15.9 Å². The first-order valence-corrected chi connectivity index (χ1v) is 8.45. The average Bonchev–Trinajstić information content (AvgIpc) is 3.13. The third-order valence-corrected chi connectivity index (χ3v) is 5.98. The Balaban J connectivity index is 1.79. The lowest BCUT2D eigenvalue weighted by molar-refractivity contribution is -0.125. The molecule has 3 aliphatic rings. The molecule has 2 nitrogen and oxygen atoms in total. The van der Waals surface area contributed by atoms with Crippen LogP contribution in [0.25, 0.3) is 0 Å². The van der Waals surface area contributed by atoms with E-state index in [9.17, 15) is 9.59 Å². The molecule has 2 bridgehead atoms. The summed E-state index contributed by atoms with van der Waals surface area (Å²) in [4.78, 5) is 25.8. The highest BCUT2D eigenvalue weighted by molar-refractivity contribution is 9.10. The Hall–Kier alpha value is -1.22. The zero-order chi connectivity index (χ0) is 14.7. The molecule has 0 N–H and O–H groups in total. The number of aryl methyl sites for hydroxylation is 1. The monoisotopic (exact) mass is 344 g/mol. The fourth-order valence-corrected chi connectivity index (χ4v) is 4.96. The summed E-state index contributed by atoms with van der Waals surface area (Å²) in [6.45, 7) is 2.07. The summed E-state index contributed by atoms with van der Waals surface area (Å²) in [5.74, 6) is 0.293. The van der Waals surface area contributed by atoms with E-state index in [1.54, 1.807) is 0 Å². The van der Waals surface area contributed by atoms with Gasteiger partial charge in [-0.2, -0.15) is 0 Å². The second-order valence-corrected chi connectivity index (χ2v) is 7.35. The van der Waals surface area contributed by atoms with Gasteiger partial charge in [-0.25, -0.2) is 0 Å². The molecule has 0 radical (unpaired) electrons. The van der Waals surface area contributed by atoms with Crippen molar-refractivity contribution in [3.8, 4) is 0 Å². The van der Waals surface area contributed by atoms with Gasteiger partial charge >= 0.3 is 0 Å². The van der Waals surface area contributed by atoms with Crippen molar-refractivity contribution in [3.05, 3.63) is 46.0 Å². The smallest absolute Gasteiger partial charge is 0.152 e. The van der Waals surface area contributed by atoms with Crippen LogP contribution in [-0.2, 0) is 16.0 Å². The van der Waals surface area contributed by atoms with Gasteiger partial charge in [0.25, 0.3) is 0 Å². The number of fused-ring (bicyclic) bond motifs is 5. The minimum Gasteiger partial charge on any atom is -0.298 e. The molecule has 0 spiro atoms. The van der Waals surface area contributed by atoms with Crippen molar-refractivity contribution in [1.29, 1.82) is 0 Å². The van der Waals surface area contributed by atoms with E-state index in [1.807, 2.05) is 18.2 Å². The number of carbonyl (C=O) groups excluding carboxylic acids is 2. The van der Waals surface area contributed by atoms with E-state index in [1.165, 1.54) is 0 Å². The first-order chi connectivity index (χ1) is 10.1. The van der Waals surface area contributed by atoms with Gasteiger partial charge in [-0.1, -0.05) is 41.1 Å². The Morgan fingerprint density at radius 3 is 2.29 bits per heavy atom. The van der Waals surface area contributed by atoms with E-state index in [4.69, 9.17) is 0 Å². The van der Waals surface area contributed by atoms with Crippen molar-refractivity contribution >= 4 is 27.5 Å². The molecule has 1 aromatic rings. The number of hydrogen-bond acceptors (Lipinski definition) is 2. The standard InChI is InChI=1S/C18H17BrO2/c1-2-9-5-6-12(19)8-13(9)16-17(20)14-10-3-4-11(7-10)15(14)18(16)21/h3-6,8,10-11,14-16H,2,7H2,1H3/t10-,11+,14-,15+,16?. The van der Waals surface area contributed by atoms with E-state index >= 15 is 0 Å². The summed E-state index contributed by atoms with van der Waals surface area (Å²) in [5.41, 5.74) is 2.04. The highest BCUT2D eigenvalue weighted by atomic mass is 79.9. The first-order valence-electron chi connectivity index (χ1n) is 7.66. The second-order valence-electron chi connectivity index (χ2n) is 6.43. The summed E-state index contributed by atoms with van der Waals surface area (Å²) in [5, 5.41) is 0. The van der Waals surface area contributed by atoms with Gasteiger partial charge < -0.3 is 0 Å². The number of carbonyl (C=O) groups is 2. The van der Waals surface area contributed by atoms with Gasteiger partial charge in [0.2, 0.25) is 0 Å². The van der Waals surface area contributed by atoms with E-state index in [2.05, 4.69) is 35.0 Å².